The van der Waals surface area contributed by atoms with Crippen molar-refractivity contribution in [2.45, 2.75) is 25.7 Å². The van der Waals surface area contributed by atoms with E-state index in [-0.39, 0.29) is 6.03 Å². The van der Waals surface area contributed by atoms with Gasteiger partial charge in [0, 0.05) is 59.5 Å². The highest BCUT2D eigenvalue weighted by Crippen LogP contribution is 2.32. The molecule has 0 atom stereocenters. The number of hydrogen-bond acceptors (Lipinski definition) is 8. The Balaban J connectivity index is 0.000000165. The highest BCUT2D eigenvalue weighted by Gasteiger charge is 2.22. The number of halogens is 4. The number of likely N-dealkylation sites (tertiary alicyclic amines) is 1. The Morgan fingerprint density at radius 2 is 1.21 bits per heavy atom. The summed E-state index contributed by atoms with van der Waals surface area (Å²) in [4.78, 5) is 22.4. The van der Waals surface area contributed by atoms with Gasteiger partial charge >= 0.3 is 6.03 Å². The van der Waals surface area contributed by atoms with Gasteiger partial charge in [-0.25, -0.2) is 14.8 Å². The highest BCUT2D eigenvalue weighted by molar-refractivity contribution is 9.11. The average Bonchev–Trinajstić information content (AvgIpc) is 3.75. The fraction of sp³-hybridized carbons (Fsp3) is 0.324. The first-order valence-electron chi connectivity index (χ1n) is 17.6. The van der Waals surface area contributed by atoms with Crippen LogP contribution in [0.1, 0.15) is 25.7 Å². The fourth-order valence-corrected chi connectivity index (χ4v) is 7.84. The van der Waals surface area contributed by atoms with Gasteiger partial charge in [0.2, 0.25) is 0 Å². The van der Waals surface area contributed by atoms with Gasteiger partial charge in [-0.3, -0.25) is 0 Å². The summed E-state index contributed by atoms with van der Waals surface area (Å²) in [6.45, 7) is 5.30. The summed E-state index contributed by atoms with van der Waals surface area (Å²) in [7, 11) is 0. The van der Waals surface area contributed by atoms with Crippen molar-refractivity contribution in [3.05, 3.63) is 92.0 Å². The SMILES string of the molecule is Clc1ccccc1-c1cc(NCC2CCNCC2)n2ncc(Br)c2n1.NC(=O)N1CCC(CNc2cc(-c3ccccc3Cl)nc3c(Br)cnn23)CC1. The maximum Gasteiger partial charge on any atom is 0.314 e. The van der Waals surface area contributed by atoms with Crippen LogP contribution in [0.3, 0.4) is 0 Å². The van der Waals surface area contributed by atoms with Crippen LogP contribution < -0.4 is 21.7 Å². The summed E-state index contributed by atoms with van der Waals surface area (Å²) >= 11 is 19.8. The van der Waals surface area contributed by atoms with Crippen LogP contribution in [0, 0.1) is 11.8 Å². The molecule has 2 saturated heterocycles. The topological polar surface area (TPSA) is 143 Å². The molecule has 8 rings (SSSR count). The molecular weight excluding hydrogens is 845 g/mol. The summed E-state index contributed by atoms with van der Waals surface area (Å²) in [5.41, 5.74) is 10.3. The number of nitrogens with two attached hydrogens (primary N) is 1. The molecule has 2 amide bonds. The molecule has 276 valence electrons. The molecule has 12 nitrogen and oxygen atoms in total. The Kier molecular flexibility index (Phi) is 12.0. The number of nitrogens with zero attached hydrogens (tertiary/aromatic N) is 7. The summed E-state index contributed by atoms with van der Waals surface area (Å²) < 4.78 is 5.31. The lowest BCUT2D eigenvalue weighted by molar-refractivity contribution is 0.181. The third-order valence-electron chi connectivity index (χ3n) is 9.69. The molecule has 4 aromatic heterocycles. The Bertz CT molecular complexity index is 2210. The smallest absolute Gasteiger partial charge is 0.314 e. The molecule has 2 aliphatic rings. The van der Waals surface area contributed by atoms with Crippen molar-refractivity contribution in [3.63, 3.8) is 0 Å². The van der Waals surface area contributed by atoms with E-state index in [0.717, 1.165) is 93.4 Å². The summed E-state index contributed by atoms with van der Waals surface area (Å²) in [5, 5.41) is 20.7. The first-order chi connectivity index (χ1) is 25.7. The third-order valence-corrected chi connectivity index (χ3v) is 11.5. The summed E-state index contributed by atoms with van der Waals surface area (Å²) in [6, 6.07) is 19.1. The van der Waals surface area contributed by atoms with E-state index in [2.05, 4.69) is 58.0 Å². The molecule has 0 unspecified atom stereocenters. The van der Waals surface area contributed by atoms with Gasteiger partial charge in [-0.05, 0) is 94.6 Å². The van der Waals surface area contributed by atoms with E-state index in [0.29, 0.717) is 35.0 Å². The van der Waals surface area contributed by atoms with Gasteiger partial charge in [0.05, 0.1) is 32.7 Å². The van der Waals surface area contributed by atoms with E-state index in [1.54, 1.807) is 21.8 Å². The molecule has 0 bridgehead atoms. The van der Waals surface area contributed by atoms with Crippen molar-refractivity contribution in [1.82, 2.24) is 39.4 Å². The first kappa shape index (κ1) is 37.4. The number of urea groups is 1. The normalized spacial score (nSPS) is 15.4. The number of carbonyl (C=O) groups excluding carboxylic acids is 1. The molecule has 0 radical (unpaired) electrons. The maximum atomic E-state index is 11.3. The molecule has 0 spiro atoms. The minimum absolute atomic E-state index is 0.340. The van der Waals surface area contributed by atoms with Crippen molar-refractivity contribution in [2.75, 3.05) is 49.9 Å². The summed E-state index contributed by atoms with van der Waals surface area (Å²) in [6.07, 6.45) is 7.74. The molecule has 0 aliphatic carbocycles. The van der Waals surface area contributed by atoms with Crippen LogP contribution in [0.15, 0.2) is 82.0 Å². The first-order valence-corrected chi connectivity index (χ1v) is 19.9. The number of amides is 2. The van der Waals surface area contributed by atoms with Crippen LogP contribution in [0.4, 0.5) is 16.4 Å². The zero-order valence-corrected chi connectivity index (χ0v) is 33.5. The van der Waals surface area contributed by atoms with Crippen LogP contribution in [-0.2, 0) is 0 Å². The number of benzene rings is 2. The number of anilines is 2. The van der Waals surface area contributed by atoms with Crippen LogP contribution in [0.2, 0.25) is 10.0 Å². The fourth-order valence-electron chi connectivity index (χ4n) is 6.68. The monoisotopic (exact) mass is 881 g/mol. The van der Waals surface area contributed by atoms with E-state index >= 15 is 0 Å². The lowest BCUT2D eigenvalue weighted by atomic mass is 9.97. The lowest BCUT2D eigenvalue weighted by Crippen LogP contribution is -2.42. The molecule has 6 heterocycles. The van der Waals surface area contributed by atoms with E-state index in [1.165, 1.54) is 12.8 Å². The quantitative estimate of drug-likeness (QED) is 0.120. The number of hydrogen-bond donors (Lipinski definition) is 4. The lowest BCUT2D eigenvalue weighted by Gasteiger charge is -2.31. The molecule has 2 fully saturated rings. The maximum absolute atomic E-state index is 11.3. The molecule has 16 heteroatoms. The van der Waals surface area contributed by atoms with Gasteiger partial charge in [0.15, 0.2) is 11.3 Å². The Morgan fingerprint density at radius 3 is 1.66 bits per heavy atom. The van der Waals surface area contributed by atoms with Gasteiger partial charge in [-0.2, -0.15) is 19.2 Å². The minimum Gasteiger partial charge on any atom is -0.370 e. The standard InChI is InChI=1S/C19H20BrClN6O.C18H19BrClN5/c20-14-11-24-27-17(23-10-12-5-7-26(8-6-12)19(22)28)9-16(25-18(14)27)13-3-1-2-4-15(13)21;19-14-11-23-25-17(22-10-12-5-7-21-8-6-12)9-16(24-18(14)25)13-3-1-2-4-15(13)20/h1-4,9,11-12,23H,5-8,10H2,(H2,22,28);1-4,9,11-12,21-22H,5-8,10H2. The van der Waals surface area contributed by atoms with Crippen molar-refractivity contribution in [3.8, 4) is 22.5 Å². The van der Waals surface area contributed by atoms with Crippen LogP contribution in [0.5, 0.6) is 0 Å². The molecule has 6 aromatic rings. The van der Waals surface area contributed by atoms with E-state index in [1.807, 2.05) is 65.2 Å². The number of piperidine rings is 2. The molecule has 2 aromatic carbocycles. The van der Waals surface area contributed by atoms with Crippen LogP contribution >= 0.6 is 55.1 Å². The number of rotatable bonds is 8. The van der Waals surface area contributed by atoms with E-state index < -0.39 is 0 Å². The predicted molar refractivity (Wildman–Crippen MR) is 219 cm³/mol. The van der Waals surface area contributed by atoms with Crippen molar-refractivity contribution in [2.24, 2.45) is 17.6 Å². The minimum atomic E-state index is -0.340. The number of fused-ring (bicyclic) bond motifs is 2. The van der Waals surface area contributed by atoms with Crippen molar-refractivity contribution in [1.29, 1.82) is 0 Å². The Morgan fingerprint density at radius 1 is 0.755 bits per heavy atom. The van der Waals surface area contributed by atoms with Crippen molar-refractivity contribution < 1.29 is 4.79 Å². The molecule has 53 heavy (non-hydrogen) atoms. The van der Waals surface area contributed by atoms with Gasteiger partial charge in [-0.15, -0.1) is 0 Å². The summed E-state index contributed by atoms with van der Waals surface area (Å²) in [5.74, 6) is 2.92. The average molecular weight is 885 g/mol. The van der Waals surface area contributed by atoms with E-state index in [4.69, 9.17) is 38.9 Å². The number of aromatic nitrogens is 6. The highest BCUT2D eigenvalue weighted by atomic mass is 79.9. The predicted octanol–water partition coefficient (Wildman–Crippen LogP) is 8.24. The molecule has 2 aliphatic heterocycles. The Labute approximate surface area is 334 Å². The zero-order valence-electron chi connectivity index (χ0n) is 28.8. The third kappa shape index (κ3) is 8.73. The van der Waals surface area contributed by atoms with Gasteiger partial charge in [-0.1, -0.05) is 59.6 Å². The number of primary amides is 1. The zero-order chi connectivity index (χ0) is 36.9. The molecular formula is C37H39Br2Cl2N11O. The van der Waals surface area contributed by atoms with Gasteiger partial charge < -0.3 is 26.6 Å². The second kappa shape index (κ2) is 17.0. The van der Waals surface area contributed by atoms with Crippen molar-refractivity contribution >= 4 is 84.0 Å². The number of nitrogens with one attached hydrogen (secondary N) is 3. The van der Waals surface area contributed by atoms with Gasteiger partial charge in [0.1, 0.15) is 11.6 Å². The van der Waals surface area contributed by atoms with Gasteiger partial charge in [0.25, 0.3) is 0 Å². The van der Waals surface area contributed by atoms with E-state index in [9.17, 15) is 4.79 Å². The molecule has 0 saturated carbocycles. The second-order valence-corrected chi connectivity index (χ2v) is 15.7. The molecule has 5 N–H and O–H groups in total. The van der Waals surface area contributed by atoms with Crippen LogP contribution in [0.25, 0.3) is 33.8 Å². The van der Waals surface area contributed by atoms with Crippen LogP contribution in [-0.4, -0.2) is 79.4 Å². The largest absolute Gasteiger partial charge is 0.370 e. The Hall–Kier alpha value is -3.95. The second-order valence-electron chi connectivity index (χ2n) is 13.2. The number of carbonyl (C=O) groups is 1.